The van der Waals surface area contributed by atoms with Crippen molar-refractivity contribution >= 4 is 17.5 Å². The Hall–Kier alpha value is -2.01. The molecule has 0 saturated heterocycles. The van der Waals surface area contributed by atoms with Crippen LogP contribution in [0.4, 0.5) is 0 Å². The van der Waals surface area contributed by atoms with Gasteiger partial charge in [-0.2, -0.15) is 0 Å². The van der Waals surface area contributed by atoms with Gasteiger partial charge in [0.05, 0.1) is 11.2 Å². The molecule has 0 aromatic carbocycles. The molecule has 2 heterocycles. The van der Waals surface area contributed by atoms with Crippen molar-refractivity contribution in [3.05, 3.63) is 52.8 Å². The molecule has 6 heteroatoms. The summed E-state index contributed by atoms with van der Waals surface area (Å²) >= 11 is 6.00. The summed E-state index contributed by atoms with van der Waals surface area (Å²) in [7, 11) is 0. The largest absolute Gasteiger partial charge is 0.350 e. The van der Waals surface area contributed by atoms with Gasteiger partial charge >= 0.3 is 0 Å². The predicted molar refractivity (Wildman–Crippen MR) is 81.4 cm³/mol. The van der Waals surface area contributed by atoms with Crippen molar-refractivity contribution in [3.63, 3.8) is 0 Å². The summed E-state index contributed by atoms with van der Waals surface area (Å²) in [5.41, 5.74) is 1.29. The molecule has 2 aromatic heterocycles. The number of hydrogen-bond donors (Lipinski definition) is 1. The van der Waals surface area contributed by atoms with Crippen LogP contribution in [0.5, 0.6) is 0 Å². The van der Waals surface area contributed by atoms with Crippen LogP contribution in [0.25, 0.3) is 0 Å². The highest BCUT2D eigenvalue weighted by molar-refractivity contribution is 6.33. The molecule has 0 radical (unpaired) electrons. The van der Waals surface area contributed by atoms with Gasteiger partial charge in [-0.1, -0.05) is 31.5 Å². The maximum Gasteiger partial charge on any atom is 0.271 e. The van der Waals surface area contributed by atoms with Crippen molar-refractivity contribution in [2.24, 2.45) is 0 Å². The minimum atomic E-state index is -0.284. The normalized spacial score (nSPS) is 10.7. The third-order valence-electron chi connectivity index (χ3n) is 2.92. The minimum absolute atomic E-state index is 0.143. The fraction of sp³-hybridized carbons (Fsp3) is 0.333. The lowest BCUT2D eigenvalue weighted by Gasteiger charge is -2.09. The van der Waals surface area contributed by atoms with Crippen LogP contribution in [0.2, 0.25) is 5.02 Å². The van der Waals surface area contributed by atoms with Crippen LogP contribution in [-0.2, 0) is 6.42 Å². The van der Waals surface area contributed by atoms with Gasteiger partial charge < -0.3 is 5.32 Å². The van der Waals surface area contributed by atoms with Crippen molar-refractivity contribution in [1.29, 1.82) is 0 Å². The average Bonchev–Trinajstić information content (AvgIpc) is 2.48. The van der Waals surface area contributed by atoms with Gasteiger partial charge in [0.15, 0.2) is 0 Å². The van der Waals surface area contributed by atoms with Gasteiger partial charge in [0.1, 0.15) is 11.5 Å². The number of nitrogens with zero attached hydrogens (tertiary/aromatic N) is 3. The van der Waals surface area contributed by atoms with Crippen LogP contribution < -0.4 is 5.32 Å². The van der Waals surface area contributed by atoms with Crippen molar-refractivity contribution in [2.45, 2.75) is 26.2 Å². The lowest BCUT2D eigenvalue weighted by atomic mass is 10.2. The van der Waals surface area contributed by atoms with E-state index in [0.717, 1.165) is 5.56 Å². The lowest BCUT2D eigenvalue weighted by molar-refractivity contribution is 0.0949. The number of halogens is 1. The SMILES string of the molecule is CC(C)c1ncc(Cl)c(C(=O)NCCc2cccnc2)n1. The van der Waals surface area contributed by atoms with E-state index < -0.39 is 0 Å². The number of pyridine rings is 1. The highest BCUT2D eigenvalue weighted by atomic mass is 35.5. The zero-order chi connectivity index (χ0) is 15.2. The van der Waals surface area contributed by atoms with E-state index in [4.69, 9.17) is 11.6 Å². The summed E-state index contributed by atoms with van der Waals surface area (Å²) in [5.74, 6) is 0.467. The third-order valence-corrected chi connectivity index (χ3v) is 3.19. The summed E-state index contributed by atoms with van der Waals surface area (Å²) in [6.45, 7) is 4.43. The van der Waals surface area contributed by atoms with Crippen molar-refractivity contribution in [1.82, 2.24) is 20.3 Å². The number of carbonyl (C=O) groups is 1. The van der Waals surface area contributed by atoms with Gasteiger partial charge in [-0.25, -0.2) is 9.97 Å². The van der Waals surface area contributed by atoms with Crippen LogP contribution in [-0.4, -0.2) is 27.4 Å². The van der Waals surface area contributed by atoms with E-state index in [1.165, 1.54) is 6.20 Å². The Morgan fingerprint density at radius 1 is 1.38 bits per heavy atom. The molecule has 0 atom stereocenters. The second-order valence-corrected chi connectivity index (χ2v) is 5.35. The number of aromatic nitrogens is 3. The fourth-order valence-electron chi connectivity index (χ4n) is 1.77. The quantitative estimate of drug-likeness (QED) is 0.922. The Labute approximate surface area is 128 Å². The Bertz CT molecular complexity index is 616. The molecular weight excluding hydrogens is 288 g/mol. The topological polar surface area (TPSA) is 67.8 Å². The molecule has 110 valence electrons. The maximum absolute atomic E-state index is 12.1. The molecule has 5 nitrogen and oxygen atoms in total. The maximum atomic E-state index is 12.1. The molecule has 1 amide bonds. The average molecular weight is 305 g/mol. The molecule has 0 aliphatic rings. The van der Waals surface area contributed by atoms with Gasteiger partial charge in [-0.05, 0) is 18.1 Å². The first-order valence-corrected chi connectivity index (χ1v) is 7.15. The molecule has 0 aliphatic carbocycles. The molecule has 1 N–H and O–H groups in total. The molecule has 2 aromatic rings. The van der Waals surface area contributed by atoms with Crippen LogP contribution in [0.15, 0.2) is 30.7 Å². The van der Waals surface area contributed by atoms with Gasteiger partial charge in [0.2, 0.25) is 0 Å². The smallest absolute Gasteiger partial charge is 0.271 e. The summed E-state index contributed by atoms with van der Waals surface area (Å²) in [6, 6.07) is 3.83. The van der Waals surface area contributed by atoms with Gasteiger partial charge in [0, 0.05) is 24.9 Å². The van der Waals surface area contributed by atoms with Crippen LogP contribution in [0, 0.1) is 0 Å². The van der Waals surface area contributed by atoms with Crippen LogP contribution >= 0.6 is 11.6 Å². The highest BCUT2D eigenvalue weighted by Gasteiger charge is 2.15. The number of hydrogen-bond acceptors (Lipinski definition) is 4. The second kappa shape index (κ2) is 7.13. The van der Waals surface area contributed by atoms with E-state index in [1.54, 1.807) is 12.4 Å². The zero-order valence-corrected chi connectivity index (χ0v) is 12.8. The number of nitrogens with one attached hydrogen (secondary N) is 1. The highest BCUT2D eigenvalue weighted by Crippen LogP contribution is 2.16. The molecule has 0 aliphatic heterocycles. The summed E-state index contributed by atoms with van der Waals surface area (Å²) in [5, 5.41) is 3.08. The Kier molecular flexibility index (Phi) is 5.22. The van der Waals surface area contributed by atoms with Gasteiger partial charge in [0.25, 0.3) is 5.91 Å². The Morgan fingerprint density at radius 2 is 2.19 bits per heavy atom. The van der Waals surface area contributed by atoms with Crippen LogP contribution in [0.1, 0.15) is 41.6 Å². The summed E-state index contributed by atoms with van der Waals surface area (Å²) < 4.78 is 0. The van der Waals surface area contributed by atoms with Gasteiger partial charge in [-0.15, -0.1) is 0 Å². The first-order chi connectivity index (χ1) is 10.1. The van der Waals surface area contributed by atoms with Gasteiger partial charge in [-0.3, -0.25) is 9.78 Å². The fourth-order valence-corrected chi connectivity index (χ4v) is 1.95. The molecule has 2 rings (SSSR count). The molecular formula is C15H17ClN4O. The Balaban J connectivity index is 1.98. The number of amides is 1. The Morgan fingerprint density at radius 3 is 2.86 bits per heavy atom. The summed E-state index contributed by atoms with van der Waals surface area (Å²) in [4.78, 5) is 24.5. The predicted octanol–water partition coefficient (Wildman–Crippen LogP) is 2.62. The van der Waals surface area contributed by atoms with Crippen molar-refractivity contribution in [2.75, 3.05) is 6.54 Å². The number of rotatable bonds is 5. The molecule has 0 spiro atoms. The first kappa shape index (κ1) is 15.4. The van der Waals surface area contributed by atoms with Crippen molar-refractivity contribution < 1.29 is 4.79 Å². The molecule has 0 saturated carbocycles. The summed E-state index contributed by atoms with van der Waals surface area (Å²) in [6.07, 6.45) is 5.68. The van der Waals surface area contributed by atoms with E-state index in [9.17, 15) is 4.79 Å². The first-order valence-electron chi connectivity index (χ1n) is 6.77. The monoisotopic (exact) mass is 304 g/mol. The standard InChI is InChI=1S/C15H17ClN4O/c1-10(2)14-19-9-12(16)13(20-14)15(21)18-7-5-11-4-3-6-17-8-11/h3-4,6,8-10H,5,7H2,1-2H3,(H,18,21). The number of carbonyl (C=O) groups excluding carboxylic acids is 1. The van der Waals surface area contributed by atoms with E-state index >= 15 is 0 Å². The second-order valence-electron chi connectivity index (χ2n) is 4.95. The third kappa shape index (κ3) is 4.23. The van der Waals surface area contributed by atoms with Crippen molar-refractivity contribution in [3.8, 4) is 0 Å². The zero-order valence-electron chi connectivity index (χ0n) is 12.0. The molecule has 21 heavy (non-hydrogen) atoms. The van der Waals surface area contributed by atoms with Crippen LogP contribution in [0.3, 0.4) is 0 Å². The van der Waals surface area contributed by atoms with E-state index in [-0.39, 0.29) is 22.5 Å². The van der Waals surface area contributed by atoms with E-state index in [2.05, 4.69) is 20.3 Å². The molecule has 0 bridgehead atoms. The van der Waals surface area contributed by atoms with E-state index in [0.29, 0.717) is 18.8 Å². The minimum Gasteiger partial charge on any atom is -0.350 e. The van der Waals surface area contributed by atoms with E-state index in [1.807, 2.05) is 26.0 Å². The lowest BCUT2D eigenvalue weighted by Crippen LogP contribution is -2.27. The molecule has 0 fully saturated rings. The molecule has 0 unspecified atom stereocenters.